The SMILES string of the molecule is CCc1ocnc1C(=O)N1CCCC12CCCNC2=O. The largest absolute Gasteiger partial charge is 0.448 e. The van der Waals surface area contributed by atoms with Crippen LogP contribution in [0.15, 0.2) is 10.8 Å². The lowest BCUT2D eigenvalue weighted by Gasteiger charge is -2.39. The molecular weight excluding hydrogens is 258 g/mol. The number of oxazole rings is 1. The Labute approximate surface area is 117 Å². The zero-order valence-electron chi connectivity index (χ0n) is 11.6. The summed E-state index contributed by atoms with van der Waals surface area (Å²) in [6, 6.07) is 0. The van der Waals surface area contributed by atoms with Crippen molar-refractivity contribution in [1.82, 2.24) is 15.2 Å². The van der Waals surface area contributed by atoms with Gasteiger partial charge in [-0.05, 0) is 25.7 Å². The van der Waals surface area contributed by atoms with Crippen LogP contribution in [0.2, 0.25) is 0 Å². The third kappa shape index (κ3) is 1.82. The number of aromatic nitrogens is 1. The lowest BCUT2D eigenvalue weighted by Crippen LogP contribution is -2.60. The summed E-state index contributed by atoms with van der Waals surface area (Å²) in [5.74, 6) is 0.398. The van der Waals surface area contributed by atoms with E-state index in [-0.39, 0.29) is 11.8 Å². The van der Waals surface area contributed by atoms with Crippen LogP contribution in [-0.2, 0) is 11.2 Å². The fourth-order valence-corrected chi connectivity index (χ4v) is 3.35. The van der Waals surface area contributed by atoms with Crippen molar-refractivity contribution in [2.24, 2.45) is 0 Å². The van der Waals surface area contributed by atoms with Crippen molar-refractivity contribution in [3.05, 3.63) is 17.8 Å². The van der Waals surface area contributed by atoms with Gasteiger partial charge in [0.05, 0.1) is 0 Å². The zero-order chi connectivity index (χ0) is 14.2. The fraction of sp³-hybridized carbons (Fsp3) is 0.643. The van der Waals surface area contributed by atoms with Crippen molar-refractivity contribution in [2.45, 2.75) is 44.6 Å². The Balaban J connectivity index is 1.92. The standard InChI is InChI=1S/C14H19N3O3/c1-2-10-11(16-9-20-10)12(18)17-8-4-6-14(17)5-3-7-15-13(14)19/h9H,2-8H2,1H3,(H,15,19). The molecule has 1 unspecified atom stereocenters. The van der Waals surface area contributed by atoms with Crippen molar-refractivity contribution in [3.8, 4) is 0 Å². The van der Waals surface area contributed by atoms with E-state index in [9.17, 15) is 9.59 Å². The van der Waals surface area contributed by atoms with Gasteiger partial charge in [-0.1, -0.05) is 6.92 Å². The van der Waals surface area contributed by atoms with Gasteiger partial charge in [0.15, 0.2) is 12.1 Å². The highest BCUT2D eigenvalue weighted by molar-refractivity contribution is 5.99. The molecule has 2 fully saturated rings. The maximum absolute atomic E-state index is 12.7. The summed E-state index contributed by atoms with van der Waals surface area (Å²) < 4.78 is 5.24. The molecule has 1 N–H and O–H groups in total. The third-order valence-corrected chi connectivity index (χ3v) is 4.37. The predicted octanol–water partition coefficient (Wildman–Crippen LogP) is 1.12. The van der Waals surface area contributed by atoms with E-state index in [1.54, 1.807) is 4.90 Å². The smallest absolute Gasteiger partial charge is 0.277 e. The van der Waals surface area contributed by atoms with Crippen molar-refractivity contribution < 1.29 is 14.0 Å². The summed E-state index contributed by atoms with van der Waals surface area (Å²) in [6.45, 7) is 3.24. The molecule has 2 aliphatic rings. The van der Waals surface area contributed by atoms with Gasteiger partial charge in [0.2, 0.25) is 5.91 Å². The number of carbonyl (C=O) groups excluding carboxylic acids is 2. The van der Waals surface area contributed by atoms with Gasteiger partial charge < -0.3 is 14.6 Å². The maximum Gasteiger partial charge on any atom is 0.277 e. The van der Waals surface area contributed by atoms with Gasteiger partial charge in [0.1, 0.15) is 11.3 Å². The van der Waals surface area contributed by atoms with Gasteiger partial charge >= 0.3 is 0 Å². The second-order valence-corrected chi connectivity index (χ2v) is 5.43. The summed E-state index contributed by atoms with van der Waals surface area (Å²) in [7, 11) is 0. The summed E-state index contributed by atoms with van der Waals surface area (Å²) in [5, 5.41) is 2.90. The number of nitrogens with one attached hydrogen (secondary N) is 1. The molecule has 0 radical (unpaired) electrons. The van der Waals surface area contributed by atoms with Crippen LogP contribution >= 0.6 is 0 Å². The average Bonchev–Trinajstić information content (AvgIpc) is 3.09. The van der Waals surface area contributed by atoms with Crippen molar-refractivity contribution in [3.63, 3.8) is 0 Å². The van der Waals surface area contributed by atoms with Crippen LogP contribution in [0.3, 0.4) is 0 Å². The molecule has 2 aliphatic heterocycles. The zero-order valence-corrected chi connectivity index (χ0v) is 11.6. The highest BCUT2D eigenvalue weighted by atomic mass is 16.3. The molecule has 108 valence electrons. The Morgan fingerprint density at radius 2 is 2.30 bits per heavy atom. The first kappa shape index (κ1) is 13.1. The Morgan fingerprint density at radius 3 is 3.05 bits per heavy atom. The van der Waals surface area contributed by atoms with Gasteiger partial charge in [-0.3, -0.25) is 9.59 Å². The molecule has 6 heteroatoms. The van der Waals surface area contributed by atoms with Gasteiger partial charge in [0.25, 0.3) is 5.91 Å². The lowest BCUT2D eigenvalue weighted by atomic mass is 9.86. The average molecular weight is 277 g/mol. The number of aryl methyl sites for hydroxylation is 1. The summed E-state index contributed by atoms with van der Waals surface area (Å²) >= 11 is 0. The van der Waals surface area contributed by atoms with Crippen LogP contribution < -0.4 is 5.32 Å². The number of carbonyl (C=O) groups is 2. The van der Waals surface area contributed by atoms with Gasteiger partial charge in [-0.15, -0.1) is 0 Å². The first-order valence-electron chi connectivity index (χ1n) is 7.21. The number of piperidine rings is 1. The molecular formula is C14H19N3O3. The summed E-state index contributed by atoms with van der Waals surface area (Å²) in [6.07, 6.45) is 5.17. The van der Waals surface area contributed by atoms with E-state index in [0.717, 1.165) is 25.7 Å². The molecule has 2 saturated heterocycles. The molecule has 6 nitrogen and oxygen atoms in total. The minimum Gasteiger partial charge on any atom is -0.448 e. The minimum absolute atomic E-state index is 0.0175. The van der Waals surface area contributed by atoms with E-state index >= 15 is 0 Å². The maximum atomic E-state index is 12.7. The highest BCUT2D eigenvalue weighted by Gasteiger charge is 2.51. The van der Waals surface area contributed by atoms with E-state index in [2.05, 4.69) is 10.3 Å². The van der Waals surface area contributed by atoms with Gasteiger partial charge in [-0.2, -0.15) is 0 Å². The van der Waals surface area contributed by atoms with Crippen molar-refractivity contribution in [1.29, 1.82) is 0 Å². The van der Waals surface area contributed by atoms with E-state index in [4.69, 9.17) is 4.42 Å². The van der Waals surface area contributed by atoms with Crippen molar-refractivity contribution >= 4 is 11.8 Å². The van der Waals surface area contributed by atoms with E-state index < -0.39 is 5.54 Å². The molecule has 3 heterocycles. The van der Waals surface area contributed by atoms with Crippen LogP contribution in [-0.4, -0.2) is 40.3 Å². The van der Waals surface area contributed by atoms with Gasteiger partial charge in [0, 0.05) is 19.5 Å². The summed E-state index contributed by atoms with van der Waals surface area (Å²) in [5.41, 5.74) is -0.314. The first-order valence-corrected chi connectivity index (χ1v) is 7.21. The van der Waals surface area contributed by atoms with Crippen LogP contribution in [0.25, 0.3) is 0 Å². The van der Waals surface area contributed by atoms with Crippen LogP contribution in [0.4, 0.5) is 0 Å². The van der Waals surface area contributed by atoms with Crippen LogP contribution in [0.1, 0.15) is 48.9 Å². The molecule has 1 aromatic rings. The quantitative estimate of drug-likeness (QED) is 0.879. The number of likely N-dealkylation sites (tertiary alicyclic amines) is 1. The molecule has 3 rings (SSSR count). The second-order valence-electron chi connectivity index (χ2n) is 5.43. The number of nitrogens with zero attached hydrogens (tertiary/aromatic N) is 2. The molecule has 2 amide bonds. The topological polar surface area (TPSA) is 75.4 Å². The second kappa shape index (κ2) is 4.92. The van der Waals surface area contributed by atoms with Gasteiger partial charge in [-0.25, -0.2) is 4.98 Å². The molecule has 1 spiro atoms. The molecule has 0 saturated carbocycles. The number of amides is 2. The third-order valence-electron chi connectivity index (χ3n) is 4.37. The highest BCUT2D eigenvalue weighted by Crippen LogP contribution is 2.36. The Kier molecular flexibility index (Phi) is 3.23. The number of hydrogen-bond donors (Lipinski definition) is 1. The monoisotopic (exact) mass is 277 g/mol. The van der Waals surface area contributed by atoms with E-state index in [1.807, 2.05) is 6.92 Å². The van der Waals surface area contributed by atoms with Crippen molar-refractivity contribution in [2.75, 3.05) is 13.1 Å². The van der Waals surface area contributed by atoms with Crippen LogP contribution in [0, 0.1) is 0 Å². The lowest BCUT2D eigenvalue weighted by molar-refractivity contribution is -0.133. The Hall–Kier alpha value is -1.85. The van der Waals surface area contributed by atoms with E-state index in [0.29, 0.717) is 31.0 Å². The molecule has 1 atom stereocenters. The predicted molar refractivity (Wildman–Crippen MR) is 71.1 cm³/mol. The molecule has 1 aromatic heterocycles. The molecule has 0 aliphatic carbocycles. The first-order chi connectivity index (χ1) is 9.69. The number of rotatable bonds is 2. The molecule has 20 heavy (non-hydrogen) atoms. The molecule has 0 aromatic carbocycles. The Morgan fingerprint density at radius 1 is 1.50 bits per heavy atom. The number of hydrogen-bond acceptors (Lipinski definition) is 4. The molecule has 0 bridgehead atoms. The Bertz CT molecular complexity index is 540. The minimum atomic E-state index is -0.667. The van der Waals surface area contributed by atoms with Crippen LogP contribution in [0.5, 0.6) is 0 Å². The fourth-order valence-electron chi connectivity index (χ4n) is 3.35. The summed E-state index contributed by atoms with van der Waals surface area (Å²) in [4.78, 5) is 30.8. The normalized spacial score (nSPS) is 26.1. The van der Waals surface area contributed by atoms with E-state index in [1.165, 1.54) is 6.39 Å².